The summed E-state index contributed by atoms with van der Waals surface area (Å²) in [5, 5.41) is 0. The standard InChI is InChI=1S/C21H29ClO2Si/c1-16-2-4-17(5-3-16)18-11-14-25(15-12-18)20-8-6-19(7-9-20)24-21(23)10-13-22/h2-5,10,13,18-20,25H,6-9,11-12,14-15H2,1H3/b13-10+. The summed E-state index contributed by atoms with van der Waals surface area (Å²) in [6.45, 7) is 2.16. The zero-order valence-corrected chi connectivity index (χ0v) is 17.0. The molecule has 2 fully saturated rings. The number of ether oxygens (including phenoxy) is 1. The van der Waals surface area contributed by atoms with E-state index in [0.29, 0.717) is 0 Å². The van der Waals surface area contributed by atoms with Crippen LogP contribution in [-0.2, 0) is 9.53 Å². The second-order valence-corrected chi connectivity index (χ2v) is 11.7. The molecule has 1 aliphatic heterocycles. The Morgan fingerprint density at radius 1 is 1.08 bits per heavy atom. The third kappa shape index (κ3) is 5.21. The van der Waals surface area contributed by atoms with Crippen LogP contribution in [-0.4, -0.2) is 20.9 Å². The minimum atomic E-state index is -0.631. The van der Waals surface area contributed by atoms with Gasteiger partial charge in [0, 0.05) is 20.4 Å². The lowest BCUT2D eigenvalue weighted by Gasteiger charge is -2.36. The summed E-state index contributed by atoms with van der Waals surface area (Å²) in [7, 11) is -0.631. The Bertz CT molecular complexity index is 582. The van der Waals surface area contributed by atoms with Gasteiger partial charge in [-0.25, -0.2) is 4.79 Å². The first-order chi connectivity index (χ1) is 12.2. The average molecular weight is 377 g/mol. The molecule has 2 aliphatic rings. The number of hydrogen-bond donors (Lipinski definition) is 0. The molecule has 136 valence electrons. The maximum Gasteiger partial charge on any atom is 0.331 e. The molecule has 2 nitrogen and oxygen atoms in total. The van der Waals surface area contributed by atoms with Crippen molar-refractivity contribution in [3.8, 4) is 0 Å². The lowest BCUT2D eigenvalue weighted by atomic mass is 9.93. The van der Waals surface area contributed by atoms with Gasteiger partial charge >= 0.3 is 5.97 Å². The number of carbonyl (C=O) groups is 1. The van der Waals surface area contributed by atoms with Crippen molar-refractivity contribution in [2.75, 3.05) is 0 Å². The van der Waals surface area contributed by atoms with E-state index in [1.165, 1.54) is 54.9 Å². The summed E-state index contributed by atoms with van der Waals surface area (Å²) in [5.41, 5.74) is 5.08. The fourth-order valence-corrected chi connectivity index (χ4v) is 9.02. The van der Waals surface area contributed by atoms with E-state index in [0.717, 1.165) is 24.3 Å². The molecule has 1 aliphatic carbocycles. The third-order valence-corrected chi connectivity index (χ3v) is 10.5. The van der Waals surface area contributed by atoms with Gasteiger partial charge in [-0.2, -0.15) is 0 Å². The van der Waals surface area contributed by atoms with Crippen LogP contribution in [0.15, 0.2) is 35.9 Å². The monoisotopic (exact) mass is 376 g/mol. The van der Waals surface area contributed by atoms with Gasteiger partial charge in [-0.05, 0) is 62.5 Å². The number of aryl methyl sites for hydroxylation is 1. The Morgan fingerprint density at radius 3 is 2.32 bits per heavy atom. The Kier molecular flexibility index (Phi) is 6.77. The van der Waals surface area contributed by atoms with Crippen molar-refractivity contribution in [2.24, 2.45) is 0 Å². The number of halogens is 1. The fourth-order valence-electron chi connectivity index (χ4n) is 4.70. The topological polar surface area (TPSA) is 26.3 Å². The molecule has 0 atom stereocenters. The molecule has 4 heteroatoms. The Balaban J connectivity index is 1.43. The molecular formula is C21H29ClO2Si. The van der Waals surface area contributed by atoms with E-state index in [-0.39, 0.29) is 12.1 Å². The largest absolute Gasteiger partial charge is 0.459 e. The van der Waals surface area contributed by atoms with Crippen molar-refractivity contribution in [3.05, 3.63) is 47.0 Å². The van der Waals surface area contributed by atoms with E-state index in [2.05, 4.69) is 31.2 Å². The molecule has 0 unspecified atom stereocenters. The molecule has 25 heavy (non-hydrogen) atoms. The maximum absolute atomic E-state index is 11.5. The van der Waals surface area contributed by atoms with Crippen LogP contribution < -0.4 is 0 Å². The van der Waals surface area contributed by atoms with Crippen molar-refractivity contribution in [1.29, 1.82) is 0 Å². The van der Waals surface area contributed by atoms with E-state index in [1.807, 2.05) is 0 Å². The summed E-state index contributed by atoms with van der Waals surface area (Å²) < 4.78 is 5.46. The lowest BCUT2D eigenvalue weighted by Crippen LogP contribution is -2.31. The molecule has 0 bridgehead atoms. The molecular weight excluding hydrogens is 348 g/mol. The minimum Gasteiger partial charge on any atom is -0.459 e. The highest BCUT2D eigenvalue weighted by Crippen LogP contribution is 2.42. The summed E-state index contributed by atoms with van der Waals surface area (Å²) in [6.07, 6.45) is 8.77. The number of benzene rings is 1. The highest BCUT2D eigenvalue weighted by atomic mass is 35.5. The molecule has 3 rings (SSSR count). The molecule has 1 saturated carbocycles. The van der Waals surface area contributed by atoms with Gasteiger partial charge in [0.2, 0.25) is 0 Å². The van der Waals surface area contributed by atoms with Gasteiger partial charge in [0.1, 0.15) is 6.10 Å². The molecule has 0 spiro atoms. The first-order valence-corrected chi connectivity index (χ1v) is 12.4. The van der Waals surface area contributed by atoms with Crippen LogP contribution in [0.25, 0.3) is 0 Å². The summed E-state index contributed by atoms with van der Waals surface area (Å²) in [6, 6.07) is 12.1. The quantitative estimate of drug-likeness (QED) is 0.382. The van der Waals surface area contributed by atoms with Gasteiger partial charge in [-0.3, -0.25) is 0 Å². The van der Waals surface area contributed by atoms with E-state index in [4.69, 9.17) is 16.3 Å². The molecule has 1 heterocycles. The Hall–Kier alpha value is -1.06. The Labute approximate surface area is 158 Å². The van der Waals surface area contributed by atoms with Gasteiger partial charge in [-0.15, -0.1) is 0 Å². The van der Waals surface area contributed by atoms with Crippen LogP contribution in [0.3, 0.4) is 0 Å². The highest BCUT2D eigenvalue weighted by molar-refractivity contribution is 6.60. The SMILES string of the molecule is Cc1ccc(C2CC[SiH](C3CCC(OC(=O)/C=C/Cl)CC3)CC2)cc1. The van der Waals surface area contributed by atoms with Gasteiger partial charge in [0.05, 0.1) is 0 Å². The summed E-state index contributed by atoms with van der Waals surface area (Å²) in [4.78, 5) is 11.5. The van der Waals surface area contributed by atoms with Crippen molar-refractivity contribution < 1.29 is 9.53 Å². The number of carbonyl (C=O) groups excluding carboxylic acids is 1. The van der Waals surface area contributed by atoms with E-state index >= 15 is 0 Å². The fraction of sp³-hybridized carbons (Fsp3) is 0.571. The zero-order valence-electron chi connectivity index (χ0n) is 15.1. The van der Waals surface area contributed by atoms with Crippen molar-refractivity contribution >= 4 is 26.4 Å². The van der Waals surface area contributed by atoms with Crippen molar-refractivity contribution in [1.82, 2.24) is 0 Å². The zero-order chi connectivity index (χ0) is 17.6. The van der Waals surface area contributed by atoms with E-state index < -0.39 is 8.80 Å². The number of hydrogen-bond acceptors (Lipinski definition) is 2. The lowest BCUT2D eigenvalue weighted by molar-refractivity contribution is -0.144. The molecule has 0 amide bonds. The van der Waals surface area contributed by atoms with E-state index in [9.17, 15) is 4.79 Å². The van der Waals surface area contributed by atoms with Crippen LogP contribution in [0.1, 0.15) is 55.6 Å². The van der Waals surface area contributed by atoms with E-state index in [1.54, 1.807) is 5.56 Å². The highest BCUT2D eigenvalue weighted by Gasteiger charge is 2.32. The normalized spacial score (nSPS) is 30.3. The molecule has 1 aromatic carbocycles. The van der Waals surface area contributed by atoms with Crippen molar-refractivity contribution in [2.45, 2.75) is 75.1 Å². The second-order valence-electron chi connectivity index (χ2n) is 7.79. The third-order valence-electron chi connectivity index (χ3n) is 6.19. The molecule has 1 saturated heterocycles. The summed E-state index contributed by atoms with van der Waals surface area (Å²) >= 11 is 5.43. The van der Waals surface area contributed by atoms with Crippen LogP contribution in [0.4, 0.5) is 0 Å². The minimum absolute atomic E-state index is 0.106. The van der Waals surface area contributed by atoms with Crippen LogP contribution in [0.5, 0.6) is 0 Å². The molecule has 0 radical (unpaired) electrons. The Morgan fingerprint density at radius 2 is 1.72 bits per heavy atom. The van der Waals surface area contributed by atoms with Crippen LogP contribution in [0, 0.1) is 6.92 Å². The van der Waals surface area contributed by atoms with Gasteiger partial charge in [-0.1, -0.05) is 53.5 Å². The van der Waals surface area contributed by atoms with Crippen molar-refractivity contribution in [3.63, 3.8) is 0 Å². The number of esters is 1. The molecule has 0 aromatic heterocycles. The van der Waals surface area contributed by atoms with Crippen LogP contribution in [0.2, 0.25) is 17.6 Å². The molecule has 0 N–H and O–H groups in total. The summed E-state index contributed by atoms with van der Waals surface area (Å²) in [5.74, 6) is 0.485. The first kappa shape index (κ1) is 18.7. The predicted molar refractivity (Wildman–Crippen MR) is 107 cm³/mol. The van der Waals surface area contributed by atoms with Gasteiger partial charge in [0.25, 0.3) is 0 Å². The second kappa shape index (κ2) is 9.04. The predicted octanol–water partition coefficient (Wildman–Crippen LogP) is 5.71. The maximum atomic E-state index is 11.5. The van der Waals surface area contributed by atoms with Crippen LogP contribution >= 0.6 is 11.6 Å². The van der Waals surface area contributed by atoms with Gasteiger partial charge < -0.3 is 4.74 Å². The molecule has 1 aromatic rings. The smallest absolute Gasteiger partial charge is 0.331 e. The number of rotatable bonds is 4. The average Bonchev–Trinajstić information content (AvgIpc) is 2.63. The van der Waals surface area contributed by atoms with Gasteiger partial charge in [0.15, 0.2) is 0 Å². The first-order valence-electron chi connectivity index (χ1n) is 9.69.